The van der Waals surface area contributed by atoms with Crippen LogP contribution in [0.2, 0.25) is 11.8 Å². The first-order valence-electron chi connectivity index (χ1n) is 9.08. The summed E-state index contributed by atoms with van der Waals surface area (Å²) in [6, 6.07) is 17.5. The first-order valence-corrected chi connectivity index (χ1v) is 10.2. The fourth-order valence-electron chi connectivity index (χ4n) is 3.02. The molecule has 0 saturated carbocycles. The summed E-state index contributed by atoms with van der Waals surface area (Å²) in [5.74, 6) is 0.807. The summed E-state index contributed by atoms with van der Waals surface area (Å²) in [6.45, 7) is 2.29. The molecule has 4 aromatic rings. The van der Waals surface area contributed by atoms with Crippen LogP contribution in [0.15, 0.2) is 65.3 Å². The van der Waals surface area contributed by atoms with Gasteiger partial charge in [0.1, 0.15) is 5.82 Å². The van der Waals surface area contributed by atoms with Crippen LogP contribution in [0, 0.1) is 0 Å². The van der Waals surface area contributed by atoms with Crippen LogP contribution < -0.4 is 10.5 Å². The molecular formula is C20H18BBrClN5O. The predicted molar refractivity (Wildman–Crippen MR) is 122 cm³/mol. The van der Waals surface area contributed by atoms with Gasteiger partial charge in [-0.2, -0.15) is 9.61 Å². The average molecular weight is 471 g/mol. The molecule has 0 aliphatic heterocycles. The zero-order chi connectivity index (χ0) is 20.4. The number of anilines is 2. The van der Waals surface area contributed by atoms with Gasteiger partial charge in [-0.25, -0.2) is 4.98 Å². The van der Waals surface area contributed by atoms with Gasteiger partial charge in [0.15, 0.2) is 5.65 Å². The summed E-state index contributed by atoms with van der Waals surface area (Å²) < 4.78 is 2.57. The molecule has 2 aromatic carbocycles. The number of benzene rings is 2. The molecule has 2 heterocycles. The highest BCUT2D eigenvalue weighted by Gasteiger charge is 2.13. The van der Waals surface area contributed by atoms with E-state index in [-0.39, 0.29) is 0 Å². The summed E-state index contributed by atoms with van der Waals surface area (Å²) in [5.41, 5.74) is 4.30. The summed E-state index contributed by atoms with van der Waals surface area (Å²) in [6.07, 6.45) is 1.72. The Balaban J connectivity index is 1.64. The number of hydrogen-bond donors (Lipinski definition) is 3. The summed E-state index contributed by atoms with van der Waals surface area (Å²) in [4.78, 5) is 4.72. The topological polar surface area (TPSA) is 74.5 Å². The average Bonchev–Trinajstić information content (AvgIpc) is 3.08. The molecule has 146 valence electrons. The highest BCUT2D eigenvalue weighted by molar-refractivity contribution is 9.10. The van der Waals surface area contributed by atoms with Crippen molar-refractivity contribution in [1.82, 2.24) is 14.6 Å². The molecule has 6 nitrogen and oxygen atoms in total. The van der Waals surface area contributed by atoms with Crippen LogP contribution in [0.1, 0.15) is 5.56 Å². The molecule has 0 amide bonds. The van der Waals surface area contributed by atoms with Gasteiger partial charge in [0.2, 0.25) is 0 Å². The molecule has 0 aliphatic rings. The van der Waals surface area contributed by atoms with Gasteiger partial charge in [0.05, 0.1) is 16.4 Å². The van der Waals surface area contributed by atoms with Crippen LogP contribution in [0.4, 0.5) is 11.5 Å². The molecule has 0 bridgehead atoms. The molecule has 0 atom stereocenters. The van der Waals surface area contributed by atoms with Gasteiger partial charge in [-0.3, -0.25) is 0 Å². The molecule has 0 aliphatic carbocycles. The Morgan fingerprint density at radius 2 is 1.93 bits per heavy atom. The van der Waals surface area contributed by atoms with E-state index in [1.54, 1.807) is 17.5 Å². The van der Waals surface area contributed by atoms with Gasteiger partial charge in [-0.05, 0) is 46.5 Å². The van der Waals surface area contributed by atoms with Crippen molar-refractivity contribution in [2.45, 2.75) is 13.4 Å². The highest BCUT2D eigenvalue weighted by Crippen LogP contribution is 2.30. The number of halogens is 2. The van der Waals surface area contributed by atoms with E-state index in [9.17, 15) is 5.02 Å². The molecule has 9 heteroatoms. The number of nitrogens with one attached hydrogen (secondary N) is 2. The SMILES string of the molecule is CB(O)Nc1ccc(CNc2cc(-c3ccccc3Cl)nc3c(Br)cnn23)cc1. The van der Waals surface area contributed by atoms with Gasteiger partial charge >= 0.3 is 7.05 Å². The fraction of sp³-hybridized carbons (Fsp3) is 0.100. The van der Waals surface area contributed by atoms with Crippen molar-refractivity contribution in [3.8, 4) is 11.3 Å². The van der Waals surface area contributed by atoms with Gasteiger partial charge in [-0.1, -0.05) is 41.9 Å². The van der Waals surface area contributed by atoms with Crippen molar-refractivity contribution in [1.29, 1.82) is 0 Å². The van der Waals surface area contributed by atoms with Crippen LogP contribution >= 0.6 is 27.5 Å². The molecule has 0 saturated heterocycles. The maximum absolute atomic E-state index is 9.42. The van der Waals surface area contributed by atoms with Crippen molar-refractivity contribution in [2.24, 2.45) is 0 Å². The largest absolute Gasteiger partial charge is 0.433 e. The third kappa shape index (κ3) is 4.39. The van der Waals surface area contributed by atoms with Gasteiger partial charge < -0.3 is 15.6 Å². The maximum Gasteiger partial charge on any atom is 0.406 e. The molecule has 0 spiro atoms. The van der Waals surface area contributed by atoms with E-state index in [1.165, 1.54) is 0 Å². The lowest BCUT2D eigenvalue weighted by molar-refractivity contribution is 0.587. The number of hydrogen-bond acceptors (Lipinski definition) is 5. The minimum Gasteiger partial charge on any atom is -0.433 e. The zero-order valence-electron chi connectivity index (χ0n) is 15.6. The molecule has 3 N–H and O–H groups in total. The molecule has 0 unspecified atom stereocenters. The van der Waals surface area contributed by atoms with E-state index in [1.807, 2.05) is 54.6 Å². The molecule has 4 rings (SSSR count). The van der Waals surface area contributed by atoms with E-state index in [4.69, 9.17) is 16.6 Å². The van der Waals surface area contributed by atoms with Crippen molar-refractivity contribution in [3.63, 3.8) is 0 Å². The third-order valence-corrected chi connectivity index (χ3v) is 5.27. The lowest BCUT2D eigenvalue weighted by Gasteiger charge is -2.12. The minimum atomic E-state index is -0.592. The van der Waals surface area contributed by atoms with E-state index < -0.39 is 7.05 Å². The standard InChI is InChI=1S/C20H18BBrClN5O/c1-21(29)27-14-8-6-13(7-9-14)11-24-19-10-18(15-4-2-3-5-17(15)23)26-20-16(22)12-25-28(19)20/h2-10,12,24,27,29H,11H2,1H3. The number of fused-ring (bicyclic) bond motifs is 1. The Bertz CT molecular complexity index is 1150. The smallest absolute Gasteiger partial charge is 0.406 e. The van der Waals surface area contributed by atoms with Gasteiger partial charge in [0, 0.05) is 28.9 Å². The Morgan fingerprint density at radius 3 is 2.66 bits per heavy atom. The quantitative estimate of drug-likeness (QED) is 0.348. The number of rotatable bonds is 6. The second-order valence-electron chi connectivity index (χ2n) is 6.61. The summed E-state index contributed by atoms with van der Waals surface area (Å²) in [5, 5.41) is 20.9. The summed E-state index contributed by atoms with van der Waals surface area (Å²) >= 11 is 9.90. The first kappa shape index (κ1) is 19.8. The predicted octanol–water partition coefficient (Wildman–Crippen LogP) is 4.95. The molecule has 29 heavy (non-hydrogen) atoms. The van der Waals surface area contributed by atoms with Gasteiger partial charge in [-0.15, -0.1) is 0 Å². The third-order valence-electron chi connectivity index (χ3n) is 4.38. The van der Waals surface area contributed by atoms with Crippen molar-refractivity contribution in [2.75, 3.05) is 10.5 Å². The summed E-state index contributed by atoms with van der Waals surface area (Å²) in [7, 11) is -0.592. The number of nitrogens with zero attached hydrogens (tertiary/aromatic N) is 3. The second-order valence-corrected chi connectivity index (χ2v) is 7.87. The lowest BCUT2D eigenvalue weighted by atomic mass is 9.88. The fourth-order valence-corrected chi connectivity index (χ4v) is 3.60. The van der Waals surface area contributed by atoms with Crippen LogP contribution in [0.25, 0.3) is 16.9 Å². The zero-order valence-corrected chi connectivity index (χ0v) is 17.9. The first-order chi connectivity index (χ1) is 14.0. The van der Waals surface area contributed by atoms with Gasteiger partial charge in [0.25, 0.3) is 0 Å². The van der Waals surface area contributed by atoms with E-state index in [0.717, 1.165) is 32.8 Å². The Kier molecular flexibility index (Phi) is 5.75. The van der Waals surface area contributed by atoms with Crippen LogP contribution in [0.5, 0.6) is 0 Å². The molecular weight excluding hydrogens is 452 g/mol. The van der Waals surface area contributed by atoms with Crippen molar-refractivity contribution >= 4 is 51.7 Å². The maximum atomic E-state index is 9.42. The van der Waals surface area contributed by atoms with Crippen LogP contribution in [0.3, 0.4) is 0 Å². The molecule has 0 fully saturated rings. The Labute approximate surface area is 182 Å². The highest BCUT2D eigenvalue weighted by atomic mass is 79.9. The van der Waals surface area contributed by atoms with E-state index >= 15 is 0 Å². The minimum absolute atomic E-state index is 0.592. The van der Waals surface area contributed by atoms with Crippen LogP contribution in [-0.2, 0) is 6.54 Å². The monoisotopic (exact) mass is 469 g/mol. The van der Waals surface area contributed by atoms with E-state index in [0.29, 0.717) is 17.2 Å². The lowest BCUT2D eigenvalue weighted by Crippen LogP contribution is -2.19. The number of aromatic nitrogens is 3. The Hall–Kier alpha value is -2.55. The van der Waals surface area contributed by atoms with E-state index in [2.05, 4.69) is 31.6 Å². The van der Waals surface area contributed by atoms with Crippen LogP contribution in [-0.4, -0.2) is 26.7 Å². The molecule has 2 aromatic heterocycles. The van der Waals surface area contributed by atoms with Crippen molar-refractivity contribution < 1.29 is 5.02 Å². The normalized spacial score (nSPS) is 10.9. The Morgan fingerprint density at radius 1 is 1.17 bits per heavy atom. The second kappa shape index (κ2) is 8.45. The molecule has 0 radical (unpaired) electrons. The van der Waals surface area contributed by atoms with Crippen molar-refractivity contribution in [3.05, 3.63) is 75.9 Å².